The normalized spacial score (nSPS) is 10.4. The number of aromatic nitrogens is 2. The van der Waals surface area contributed by atoms with E-state index in [1.165, 1.54) is 0 Å². The van der Waals surface area contributed by atoms with Gasteiger partial charge < -0.3 is 0 Å². The van der Waals surface area contributed by atoms with Crippen LogP contribution in [0.4, 0.5) is 0 Å². The summed E-state index contributed by atoms with van der Waals surface area (Å²) in [5.74, 6) is 0. The molecular weight excluding hydrogens is 228 g/mol. The fourth-order valence-electron chi connectivity index (χ4n) is 1.68. The molecule has 82 valence electrons. The van der Waals surface area contributed by atoms with Crippen molar-refractivity contribution in [2.75, 3.05) is 0 Å². The summed E-state index contributed by atoms with van der Waals surface area (Å²) in [6, 6.07) is 16.3. The average Bonchev–Trinajstić information content (AvgIpc) is 2.94. The van der Waals surface area contributed by atoms with Crippen LogP contribution in [-0.4, -0.2) is 9.97 Å². The van der Waals surface area contributed by atoms with Crippen LogP contribution in [0.1, 0.15) is 0 Å². The number of thiazole rings is 1. The van der Waals surface area contributed by atoms with Crippen LogP contribution in [0.25, 0.3) is 21.8 Å². The zero-order chi connectivity index (χ0) is 11.5. The third kappa shape index (κ3) is 2.10. The summed E-state index contributed by atoms with van der Waals surface area (Å²) in [6.45, 7) is 0. The van der Waals surface area contributed by atoms with Gasteiger partial charge >= 0.3 is 0 Å². The largest absolute Gasteiger partial charge is 0.252 e. The van der Waals surface area contributed by atoms with Crippen LogP contribution < -0.4 is 0 Å². The van der Waals surface area contributed by atoms with Crippen molar-refractivity contribution < 1.29 is 0 Å². The summed E-state index contributed by atoms with van der Waals surface area (Å²) in [5.41, 5.74) is 4.94. The van der Waals surface area contributed by atoms with Gasteiger partial charge in [0.1, 0.15) is 0 Å². The Balaban J connectivity index is 2.06. The van der Waals surface area contributed by atoms with E-state index in [0.717, 1.165) is 21.8 Å². The molecule has 17 heavy (non-hydrogen) atoms. The van der Waals surface area contributed by atoms with Crippen LogP contribution in [0.15, 0.2) is 60.2 Å². The zero-order valence-electron chi connectivity index (χ0n) is 9.08. The zero-order valence-corrected chi connectivity index (χ0v) is 9.89. The van der Waals surface area contributed by atoms with Crippen LogP contribution in [-0.2, 0) is 0 Å². The topological polar surface area (TPSA) is 25.8 Å². The van der Waals surface area contributed by atoms with E-state index in [0.29, 0.717) is 0 Å². The van der Waals surface area contributed by atoms with E-state index < -0.39 is 0 Å². The molecule has 2 aromatic heterocycles. The summed E-state index contributed by atoms with van der Waals surface area (Å²) in [4.78, 5) is 9.84. The van der Waals surface area contributed by atoms with E-state index in [2.05, 4.69) is 22.1 Å². The lowest BCUT2D eigenvalue weighted by Crippen LogP contribution is -1.85. The van der Waals surface area contributed by atoms with Gasteiger partial charge in [-0.15, -0.1) is 11.3 Å². The smallest absolute Gasteiger partial charge is 0.0825 e. The van der Waals surface area contributed by atoms with Crippen molar-refractivity contribution in [2.45, 2.75) is 0 Å². The van der Waals surface area contributed by atoms with Crippen molar-refractivity contribution >= 4 is 11.3 Å². The van der Waals surface area contributed by atoms with Gasteiger partial charge in [0, 0.05) is 11.8 Å². The Morgan fingerprint density at radius 2 is 1.65 bits per heavy atom. The molecule has 1 aromatic carbocycles. The quantitative estimate of drug-likeness (QED) is 0.677. The van der Waals surface area contributed by atoms with E-state index in [1.807, 2.05) is 48.1 Å². The van der Waals surface area contributed by atoms with Gasteiger partial charge in [-0.05, 0) is 12.1 Å². The van der Waals surface area contributed by atoms with E-state index in [-0.39, 0.29) is 0 Å². The number of benzene rings is 1. The second-order valence-electron chi connectivity index (χ2n) is 3.64. The van der Waals surface area contributed by atoms with Gasteiger partial charge in [-0.1, -0.05) is 36.4 Å². The molecule has 0 radical (unpaired) electrons. The van der Waals surface area contributed by atoms with E-state index in [1.54, 1.807) is 11.3 Å². The maximum atomic E-state index is 4.66. The van der Waals surface area contributed by atoms with Crippen LogP contribution >= 0.6 is 11.3 Å². The summed E-state index contributed by atoms with van der Waals surface area (Å²) in [7, 11) is 0. The van der Waals surface area contributed by atoms with Crippen LogP contribution in [0.2, 0.25) is 0 Å². The molecule has 2 heterocycles. The van der Waals surface area contributed by atoms with Crippen LogP contribution in [0.3, 0.4) is 0 Å². The number of hydrogen-bond donors (Lipinski definition) is 0. The number of hydrogen-bond acceptors (Lipinski definition) is 3. The fraction of sp³-hybridized carbons (Fsp3) is 0. The van der Waals surface area contributed by atoms with Crippen molar-refractivity contribution in [3.8, 4) is 21.8 Å². The highest BCUT2D eigenvalue weighted by Gasteiger charge is 2.03. The lowest BCUT2D eigenvalue weighted by atomic mass is 10.1. The van der Waals surface area contributed by atoms with Crippen LogP contribution in [0, 0.1) is 0 Å². The summed E-state index contributed by atoms with van der Waals surface area (Å²) in [6.07, 6.45) is 1.85. The highest BCUT2D eigenvalue weighted by atomic mass is 32.1. The van der Waals surface area contributed by atoms with Gasteiger partial charge in [0.2, 0.25) is 0 Å². The molecule has 0 spiro atoms. The molecule has 0 atom stereocenters. The van der Waals surface area contributed by atoms with Crippen molar-refractivity contribution in [1.29, 1.82) is 0 Å². The highest BCUT2D eigenvalue weighted by Crippen LogP contribution is 2.24. The molecule has 0 N–H and O–H groups in total. The molecule has 0 aliphatic carbocycles. The second kappa shape index (κ2) is 4.47. The third-order valence-electron chi connectivity index (χ3n) is 2.50. The predicted octanol–water partition coefficient (Wildman–Crippen LogP) is 3.87. The van der Waals surface area contributed by atoms with Crippen molar-refractivity contribution in [3.63, 3.8) is 0 Å². The molecule has 0 saturated heterocycles. The average molecular weight is 238 g/mol. The molecule has 0 aliphatic rings. The molecular formula is C14H10N2S. The Morgan fingerprint density at radius 1 is 0.824 bits per heavy atom. The lowest BCUT2D eigenvalue weighted by Gasteiger charge is -2.02. The number of nitrogens with zero attached hydrogens (tertiary/aromatic N) is 2. The number of pyridine rings is 1. The Kier molecular flexibility index (Phi) is 2.68. The molecule has 3 aromatic rings. The van der Waals surface area contributed by atoms with Crippen molar-refractivity contribution in [2.24, 2.45) is 0 Å². The highest BCUT2D eigenvalue weighted by molar-refractivity contribution is 7.13. The predicted molar refractivity (Wildman–Crippen MR) is 70.8 cm³/mol. The van der Waals surface area contributed by atoms with E-state index >= 15 is 0 Å². The summed E-state index contributed by atoms with van der Waals surface area (Å²) in [5, 5.41) is 0. The number of rotatable bonds is 2. The minimum Gasteiger partial charge on any atom is -0.252 e. The summed E-state index contributed by atoms with van der Waals surface area (Å²) < 4.78 is 0. The monoisotopic (exact) mass is 238 g/mol. The third-order valence-corrected chi connectivity index (χ3v) is 3.30. The van der Waals surface area contributed by atoms with Gasteiger partial charge in [0.15, 0.2) is 0 Å². The van der Waals surface area contributed by atoms with Gasteiger partial charge in [-0.2, -0.15) is 0 Å². The SMILES string of the molecule is c1ccc(-c2cccc(-c3cncs3)n2)cc1. The molecule has 3 heteroatoms. The van der Waals surface area contributed by atoms with Gasteiger partial charge in [0.05, 0.1) is 21.8 Å². The molecule has 0 saturated carbocycles. The van der Waals surface area contributed by atoms with E-state index in [4.69, 9.17) is 0 Å². The molecule has 0 amide bonds. The lowest BCUT2D eigenvalue weighted by molar-refractivity contribution is 1.32. The van der Waals surface area contributed by atoms with Crippen molar-refractivity contribution in [3.05, 3.63) is 60.2 Å². The first kappa shape index (κ1) is 10.2. The standard InChI is InChI=1S/C14H10N2S/c1-2-5-11(6-3-1)12-7-4-8-13(16-12)14-9-15-10-17-14/h1-10H. The minimum absolute atomic E-state index is 0.980. The molecule has 0 bridgehead atoms. The summed E-state index contributed by atoms with van der Waals surface area (Å²) >= 11 is 1.61. The fourth-order valence-corrected chi connectivity index (χ4v) is 2.28. The Morgan fingerprint density at radius 3 is 2.41 bits per heavy atom. The van der Waals surface area contributed by atoms with Gasteiger partial charge in [0.25, 0.3) is 0 Å². The van der Waals surface area contributed by atoms with Crippen LogP contribution in [0.5, 0.6) is 0 Å². The van der Waals surface area contributed by atoms with Crippen molar-refractivity contribution in [1.82, 2.24) is 9.97 Å². The molecule has 3 rings (SSSR count). The first-order valence-electron chi connectivity index (χ1n) is 5.35. The molecule has 0 unspecified atom stereocenters. The maximum Gasteiger partial charge on any atom is 0.0825 e. The Bertz CT molecular complexity index is 603. The second-order valence-corrected chi connectivity index (χ2v) is 4.53. The van der Waals surface area contributed by atoms with E-state index in [9.17, 15) is 0 Å². The molecule has 0 fully saturated rings. The molecule has 2 nitrogen and oxygen atoms in total. The maximum absolute atomic E-state index is 4.66. The first-order valence-corrected chi connectivity index (χ1v) is 6.23. The Labute approximate surface area is 104 Å². The minimum atomic E-state index is 0.980. The first-order chi connectivity index (χ1) is 8.43. The van der Waals surface area contributed by atoms with Gasteiger partial charge in [-0.25, -0.2) is 4.98 Å². The van der Waals surface area contributed by atoms with Gasteiger partial charge in [-0.3, -0.25) is 4.98 Å². The molecule has 0 aliphatic heterocycles. The Hall–Kier alpha value is -2.00.